The molecule has 0 N–H and O–H groups in total. The summed E-state index contributed by atoms with van der Waals surface area (Å²) in [6.45, 7) is 12.4. The smallest absolute Gasteiger partial charge is 0 e. The Kier molecular flexibility index (Phi) is 109. The first-order valence-corrected chi connectivity index (χ1v) is 4.41. The van der Waals surface area contributed by atoms with Crippen molar-refractivity contribution in [2.24, 2.45) is 0 Å². The molecule has 0 aliphatic carbocycles. The summed E-state index contributed by atoms with van der Waals surface area (Å²) in [5, 5.41) is 0. The third kappa shape index (κ3) is 59.5. The molecule has 0 saturated carbocycles. The zero-order valence-corrected chi connectivity index (χ0v) is 9.18. The quantitative estimate of drug-likeness (QED) is 0.584. The minimum atomic E-state index is 0. The first-order chi connectivity index (χ1) is 4.41. The van der Waals surface area contributed by atoms with Crippen LogP contribution in [-0.4, -0.2) is 0 Å². The number of hydrogen-bond acceptors (Lipinski definition) is 0. The van der Waals surface area contributed by atoms with Gasteiger partial charge in [0.1, 0.15) is 0 Å². The van der Waals surface area contributed by atoms with Gasteiger partial charge in [-0.25, -0.2) is 0 Å². The van der Waals surface area contributed by atoms with Gasteiger partial charge in [0.2, 0.25) is 0 Å². The molecule has 0 unspecified atom stereocenters. The fourth-order valence-corrected chi connectivity index (χ4v) is 0.354. The van der Waals surface area contributed by atoms with Gasteiger partial charge in [-0.05, 0) is 0 Å². The van der Waals surface area contributed by atoms with Gasteiger partial charge in [-0.2, -0.15) is 0 Å². The molecule has 0 aliphatic heterocycles. The summed E-state index contributed by atoms with van der Waals surface area (Å²) < 4.78 is 0. The maximum Gasteiger partial charge on any atom is 0 e. The second kappa shape index (κ2) is 48.5. The third-order valence-corrected chi connectivity index (χ3v) is 0.707. The fourth-order valence-electron chi connectivity index (χ4n) is 0.354. The van der Waals surface area contributed by atoms with E-state index in [4.69, 9.17) is 0 Å². The Labute approximate surface area is 97.8 Å². The van der Waals surface area contributed by atoms with Crippen molar-refractivity contribution in [1.29, 1.82) is 0 Å². The summed E-state index contributed by atoms with van der Waals surface area (Å²) in [7, 11) is 0. The van der Waals surface area contributed by atoms with Crippen molar-refractivity contribution in [3.05, 3.63) is 0 Å². The molecular weight excluding hydrogens is 148 g/mol. The molecular formula is C9H24Ar. The van der Waals surface area contributed by atoms with Crippen LogP contribution in [0, 0.1) is 37.7 Å². The van der Waals surface area contributed by atoms with Crippen LogP contribution in [0.1, 0.15) is 60.8 Å². The maximum absolute atomic E-state index is 2.21. The van der Waals surface area contributed by atoms with Crippen LogP contribution in [0.3, 0.4) is 0 Å². The Morgan fingerprint density at radius 2 is 0.900 bits per heavy atom. The second-order valence-electron chi connectivity index (χ2n) is 1.35. The van der Waals surface area contributed by atoms with Gasteiger partial charge in [0.15, 0.2) is 0 Å². The van der Waals surface area contributed by atoms with Crippen molar-refractivity contribution in [2.75, 3.05) is 0 Å². The standard InChI is InChI=1S/C5H12.2C2H6.Ar/c1-3-5-4-2;2*1-2;/h3-5H2,1-2H3;2*1-2H3;. The summed E-state index contributed by atoms with van der Waals surface area (Å²) >= 11 is 0. The molecule has 0 heterocycles. The van der Waals surface area contributed by atoms with Crippen LogP contribution in [0.2, 0.25) is 0 Å². The molecule has 0 aromatic carbocycles. The molecule has 0 saturated heterocycles. The van der Waals surface area contributed by atoms with E-state index in [9.17, 15) is 0 Å². The van der Waals surface area contributed by atoms with Gasteiger partial charge < -0.3 is 0 Å². The van der Waals surface area contributed by atoms with E-state index >= 15 is 0 Å². The van der Waals surface area contributed by atoms with Crippen molar-refractivity contribution in [3.63, 3.8) is 0 Å². The van der Waals surface area contributed by atoms with Gasteiger partial charge in [-0.1, -0.05) is 60.8 Å². The van der Waals surface area contributed by atoms with E-state index in [1.807, 2.05) is 27.7 Å². The van der Waals surface area contributed by atoms with E-state index in [1.54, 1.807) is 0 Å². The molecule has 0 aromatic heterocycles. The van der Waals surface area contributed by atoms with Crippen molar-refractivity contribution in [2.45, 2.75) is 60.8 Å². The second-order valence-corrected chi connectivity index (χ2v) is 1.35. The SMILES string of the molecule is CC.CC.CCCCC.[Ar]. The summed E-state index contributed by atoms with van der Waals surface area (Å²) in [5.74, 6) is 0. The Bertz CT molecular complexity index is 12.2. The van der Waals surface area contributed by atoms with Gasteiger partial charge in [0.05, 0.1) is 0 Å². The van der Waals surface area contributed by atoms with Crippen molar-refractivity contribution >= 4 is 0 Å². The van der Waals surface area contributed by atoms with Crippen molar-refractivity contribution in [3.8, 4) is 0 Å². The van der Waals surface area contributed by atoms with Gasteiger partial charge in [0, 0.05) is 37.7 Å². The van der Waals surface area contributed by atoms with E-state index in [2.05, 4.69) is 13.8 Å². The van der Waals surface area contributed by atoms with E-state index in [1.165, 1.54) is 19.3 Å². The van der Waals surface area contributed by atoms with E-state index in [0.717, 1.165) is 0 Å². The van der Waals surface area contributed by atoms with Gasteiger partial charge in [0.25, 0.3) is 0 Å². The monoisotopic (exact) mass is 172 g/mol. The molecule has 10 heavy (non-hydrogen) atoms. The minimum absolute atomic E-state index is 0. The molecule has 68 valence electrons. The van der Waals surface area contributed by atoms with Crippen LogP contribution in [0.25, 0.3) is 0 Å². The fraction of sp³-hybridized carbons (Fsp3) is 1.00. The Morgan fingerprint density at radius 1 is 0.700 bits per heavy atom. The molecule has 1 heteroatoms. The van der Waals surface area contributed by atoms with Crippen LogP contribution in [0.4, 0.5) is 0 Å². The first kappa shape index (κ1) is 22.5. The van der Waals surface area contributed by atoms with Gasteiger partial charge in [-0.15, -0.1) is 0 Å². The van der Waals surface area contributed by atoms with Gasteiger partial charge >= 0.3 is 0 Å². The number of hydrogen-bond donors (Lipinski definition) is 0. The average Bonchev–Trinajstić information content (AvgIpc) is 1.98. The molecule has 0 fully saturated rings. The van der Waals surface area contributed by atoms with E-state index in [-0.39, 0.29) is 37.7 Å². The molecule has 0 spiro atoms. The van der Waals surface area contributed by atoms with Gasteiger partial charge in [-0.3, -0.25) is 0 Å². The molecule has 0 rings (SSSR count). The molecule has 0 amide bonds. The van der Waals surface area contributed by atoms with E-state index < -0.39 is 0 Å². The average molecular weight is 172 g/mol. The summed E-state index contributed by atoms with van der Waals surface area (Å²) in [6, 6.07) is 0. The topological polar surface area (TPSA) is 0 Å². The largest absolute Gasteiger partial charge is 0.0683 e. The zero-order chi connectivity index (χ0) is 8.12. The van der Waals surface area contributed by atoms with Crippen LogP contribution in [-0.2, 0) is 0 Å². The summed E-state index contributed by atoms with van der Waals surface area (Å²) in [6.07, 6.45) is 4.08. The van der Waals surface area contributed by atoms with Crippen LogP contribution in [0.5, 0.6) is 0 Å². The molecule has 0 atom stereocenters. The Hall–Kier alpha value is 1.26. The number of rotatable bonds is 2. The van der Waals surface area contributed by atoms with E-state index in [0.29, 0.717) is 0 Å². The summed E-state index contributed by atoms with van der Waals surface area (Å²) in [5.41, 5.74) is 0. The van der Waals surface area contributed by atoms with Crippen LogP contribution < -0.4 is 0 Å². The molecule has 0 aliphatic rings. The summed E-state index contributed by atoms with van der Waals surface area (Å²) in [4.78, 5) is 0. The zero-order valence-electron chi connectivity index (χ0n) is 8.47. The molecule has 0 bridgehead atoms. The third-order valence-electron chi connectivity index (χ3n) is 0.707. The predicted octanol–water partition coefficient (Wildman–Crippen LogP) is 4.25. The predicted molar refractivity (Wildman–Crippen MR) is 47.9 cm³/mol. The minimum Gasteiger partial charge on any atom is -0.0683 e. The molecule has 0 nitrogen and oxygen atoms in total. The Balaban J connectivity index is -0.0000000315. The Morgan fingerprint density at radius 3 is 0.900 bits per heavy atom. The molecule has 0 aromatic rings. The number of unbranched alkanes of at least 4 members (excludes halogenated alkanes) is 2. The van der Waals surface area contributed by atoms with Crippen molar-refractivity contribution in [1.82, 2.24) is 0 Å². The first-order valence-electron chi connectivity index (χ1n) is 4.41. The normalized spacial score (nSPS) is 5.40. The maximum atomic E-state index is 2.21. The van der Waals surface area contributed by atoms with Crippen LogP contribution >= 0.6 is 0 Å². The van der Waals surface area contributed by atoms with Crippen molar-refractivity contribution < 1.29 is 37.7 Å². The molecule has 0 radical (unpaired) electrons. The van der Waals surface area contributed by atoms with Crippen LogP contribution in [0.15, 0.2) is 0 Å².